The first-order valence-corrected chi connectivity index (χ1v) is 5.40. The summed E-state index contributed by atoms with van der Waals surface area (Å²) in [6.45, 7) is 3.27. The lowest BCUT2D eigenvalue weighted by Crippen LogP contribution is -2.35. The molecule has 90 valence electrons. The van der Waals surface area contributed by atoms with Gasteiger partial charge < -0.3 is 14.8 Å². The van der Waals surface area contributed by atoms with Crippen molar-refractivity contribution < 1.29 is 14.6 Å². The van der Waals surface area contributed by atoms with Gasteiger partial charge in [-0.25, -0.2) is 9.78 Å². The third kappa shape index (κ3) is 2.01. The summed E-state index contributed by atoms with van der Waals surface area (Å²) in [5.41, 5.74) is -0.283. The van der Waals surface area contributed by atoms with E-state index in [4.69, 9.17) is 4.74 Å². The lowest BCUT2D eigenvalue weighted by molar-refractivity contribution is -0.165. The molecular weight excluding hydrogens is 220 g/mol. The molecule has 2 N–H and O–H groups in total. The number of hydrogen-bond acceptors (Lipinski definition) is 4. The predicted octanol–water partition coefficient (Wildman–Crippen LogP) is 1.33. The highest BCUT2D eigenvalue weighted by Gasteiger charge is 2.37. The van der Waals surface area contributed by atoms with Crippen LogP contribution in [0, 0.1) is 0 Å². The van der Waals surface area contributed by atoms with E-state index in [1.165, 1.54) is 6.92 Å². The third-order valence-corrected chi connectivity index (χ3v) is 2.52. The van der Waals surface area contributed by atoms with E-state index in [2.05, 4.69) is 9.97 Å². The lowest BCUT2D eigenvalue weighted by Gasteiger charge is -2.17. The number of rotatable bonds is 3. The molecule has 0 amide bonds. The monoisotopic (exact) mass is 234 g/mol. The van der Waals surface area contributed by atoms with Gasteiger partial charge >= 0.3 is 5.97 Å². The smallest absolute Gasteiger partial charge is 0.345 e. The van der Waals surface area contributed by atoms with Crippen LogP contribution in [0.25, 0.3) is 11.0 Å². The first-order valence-electron chi connectivity index (χ1n) is 5.40. The Morgan fingerprint density at radius 1 is 1.53 bits per heavy atom. The second kappa shape index (κ2) is 4.18. The number of nitrogens with zero attached hydrogens (tertiary/aromatic N) is 1. The number of aromatic nitrogens is 2. The van der Waals surface area contributed by atoms with Crippen LogP contribution in [0.3, 0.4) is 0 Å². The van der Waals surface area contributed by atoms with E-state index in [0.717, 1.165) is 5.52 Å². The van der Waals surface area contributed by atoms with Gasteiger partial charge in [-0.2, -0.15) is 0 Å². The number of ether oxygens (including phenoxy) is 1. The van der Waals surface area contributed by atoms with Gasteiger partial charge in [0.05, 0.1) is 17.6 Å². The van der Waals surface area contributed by atoms with E-state index in [1.807, 2.05) is 18.2 Å². The third-order valence-electron chi connectivity index (χ3n) is 2.52. The number of esters is 1. The van der Waals surface area contributed by atoms with Gasteiger partial charge in [-0.05, 0) is 26.0 Å². The number of carbonyl (C=O) groups is 1. The number of nitrogens with one attached hydrogen (secondary N) is 1. The first-order chi connectivity index (χ1) is 8.05. The first kappa shape index (κ1) is 11.6. The van der Waals surface area contributed by atoms with Crippen LogP contribution >= 0.6 is 0 Å². The fraction of sp³-hybridized carbons (Fsp3) is 0.333. The average molecular weight is 234 g/mol. The highest BCUT2D eigenvalue weighted by Crippen LogP contribution is 2.22. The van der Waals surface area contributed by atoms with Gasteiger partial charge in [0, 0.05) is 0 Å². The zero-order valence-corrected chi connectivity index (χ0v) is 9.73. The highest BCUT2D eigenvalue weighted by molar-refractivity contribution is 5.82. The van der Waals surface area contributed by atoms with Gasteiger partial charge in [-0.3, -0.25) is 0 Å². The highest BCUT2D eigenvalue weighted by atomic mass is 16.5. The molecule has 1 aromatic heterocycles. The molecule has 1 aromatic carbocycles. The second-order valence-corrected chi connectivity index (χ2v) is 3.90. The van der Waals surface area contributed by atoms with E-state index in [9.17, 15) is 9.90 Å². The van der Waals surface area contributed by atoms with E-state index < -0.39 is 11.6 Å². The normalized spacial score (nSPS) is 14.5. The molecule has 17 heavy (non-hydrogen) atoms. The zero-order chi connectivity index (χ0) is 12.5. The Hall–Kier alpha value is -1.88. The summed E-state index contributed by atoms with van der Waals surface area (Å²) in [6, 6.07) is 7.32. The Morgan fingerprint density at radius 3 is 2.88 bits per heavy atom. The number of imidazole rings is 1. The van der Waals surface area contributed by atoms with Crippen LogP contribution in [0.15, 0.2) is 24.3 Å². The van der Waals surface area contributed by atoms with Gasteiger partial charge in [0.15, 0.2) is 5.82 Å². The Balaban J connectivity index is 2.41. The molecule has 0 saturated heterocycles. The lowest BCUT2D eigenvalue weighted by atomic mass is 10.1. The van der Waals surface area contributed by atoms with Crippen molar-refractivity contribution in [1.29, 1.82) is 0 Å². The van der Waals surface area contributed by atoms with E-state index in [-0.39, 0.29) is 12.4 Å². The summed E-state index contributed by atoms with van der Waals surface area (Å²) < 4.78 is 4.81. The summed E-state index contributed by atoms with van der Waals surface area (Å²) in [5.74, 6) is -0.517. The van der Waals surface area contributed by atoms with Crippen LogP contribution in [0.2, 0.25) is 0 Å². The summed E-state index contributed by atoms with van der Waals surface area (Å²) in [7, 11) is 0. The minimum atomic E-state index is -1.75. The molecule has 0 fully saturated rings. The maximum Gasteiger partial charge on any atom is 0.345 e. The Kier molecular flexibility index (Phi) is 2.85. The van der Waals surface area contributed by atoms with E-state index >= 15 is 0 Å². The maximum absolute atomic E-state index is 11.6. The molecule has 2 rings (SSSR count). The Labute approximate surface area is 98.4 Å². The predicted molar refractivity (Wildman–Crippen MR) is 62.3 cm³/mol. The molecule has 0 aliphatic carbocycles. The molecule has 1 unspecified atom stereocenters. The molecule has 0 radical (unpaired) electrons. The van der Waals surface area contributed by atoms with Crippen LogP contribution in [-0.2, 0) is 15.1 Å². The molecule has 2 aromatic rings. The second-order valence-electron chi connectivity index (χ2n) is 3.90. The number of fused-ring (bicyclic) bond motifs is 1. The summed E-state index contributed by atoms with van der Waals surface area (Å²) >= 11 is 0. The molecule has 0 saturated carbocycles. The number of benzene rings is 1. The Morgan fingerprint density at radius 2 is 2.24 bits per heavy atom. The minimum Gasteiger partial charge on any atom is -0.464 e. The van der Waals surface area contributed by atoms with Crippen LogP contribution in [0.1, 0.15) is 19.7 Å². The van der Waals surface area contributed by atoms with Crippen LogP contribution in [-0.4, -0.2) is 27.7 Å². The average Bonchev–Trinajstić information content (AvgIpc) is 2.73. The van der Waals surface area contributed by atoms with Crippen molar-refractivity contribution in [2.45, 2.75) is 19.4 Å². The summed E-state index contributed by atoms with van der Waals surface area (Å²) in [6.07, 6.45) is 0. The van der Waals surface area contributed by atoms with Crippen molar-refractivity contribution in [2.24, 2.45) is 0 Å². The number of H-pyrrole nitrogens is 1. The fourth-order valence-electron chi connectivity index (χ4n) is 1.55. The summed E-state index contributed by atoms with van der Waals surface area (Å²) in [5, 5.41) is 10.1. The largest absolute Gasteiger partial charge is 0.464 e. The minimum absolute atomic E-state index is 0.192. The fourth-order valence-corrected chi connectivity index (χ4v) is 1.55. The van der Waals surface area contributed by atoms with Gasteiger partial charge in [-0.15, -0.1) is 0 Å². The van der Waals surface area contributed by atoms with Gasteiger partial charge in [0.1, 0.15) is 0 Å². The summed E-state index contributed by atoms with van der Waals surface area (Å²) in [4.78, 5) is 18.7. The number of carbonyl (C=O) groups excluding carboxylic acids is 1. The van der Waals surface area contributed by atoms with Crippen molar-refractivity contribution in [1.82, 2.24) is 9.97 Å². The number of aliphatic hydroxyl groups is 1. The zero-order valence-electron chi connectivity index (χ0n) is 9.73. The quantitative estimate of drug-likeness (QED) is 0.786. The van der Waals surface area contributed by atoms with Gasteiger partial charge in [0.25, 0.3) is 0 Å². The SMILES string of the molecule is CCOC(=O)C(C)(O)c1nc2ccccc2[nH]1. The molecule has 1 heterocycles. The van der Waals surface area contributed by atoms with Gasteiger partial charge in [-0.1, -0.05) is 12.1 Å². The number of hydrogen-bond donors (Lipinski definition) is 2. The molecule has 0 spiro atoms. The van der Waals surface area contributed by atoms with Crippen molar-refractivity contribution in [3.8, 4) is 0 Å². The van der Waals surface area contributed by atoms with Crippen molar-refractivity contribution in [3.63, 3.8) is 0 Å². The van der Waals surface area contributed by atoms with Crippen molar-refractivity contribution in [2.75, 3.05) is 6.61 Å². The molecule has 1 atom stereocenters. The van der Waals surface area contributed by atoms with Crippen molar-refractivity contribution in [3.05, 3.63) is 30.1 Å². The van der Waals surface area contributed by atoms with Gasteiger partial charge in [0.2, 0.25) is 5.60 Å². The molecule has 0 aliphatic rings. The van der Waals surface area contributed by atoms with Crippen LogP contribution < -0.4 is 0 Å². The van der Waals surface area contributed by atoms with E-state index in [1.54, 1.807) is 13.0 Å². The van der Waals surface area contributed by atoms with Crippen LogP contribution in [0.5, 0.6) is 0 Å². The standard InChI is InChI=1S/C12H14N2O3/c1-3-17-11(15)12(2,16)10-13-8-6-4-5-7-9(8)14-10/h4-7,16H,3H2,1-2H3,(H,13,14). The Bertz CT molecular complexity index is 512. The topological polar surface area (TPSA) is 75.2 Å². The molecule has 5 nitrogen and oxygen atoms in total. The van der Waals surface area contributed by atoms with Crippen LogP contribution in [0.4, 0.5) is 0 Å². The maximum atomic E-state index is 11.6. The van der Waals surface area contributed by atoms with Crippen molar-refractivity contribution >= 4 is 17.0 Å². The molecular formula is C12H14N2O3. The molecule has 5 heteroatoms. The number of para-hydroxylation sites is 2. The molecule has 0 aliphatic heterocycles. The van der Waals surface area contributed by atoms with E-state index in [0.29, 0.717) is 5.52 Å². The molecule has 0 bridgehead atoms. The number of aromatic amines is 1.